The van der Waals surface area contributed by atoms with E-state index in [0.29, 0.717) is 12.3 Å². The second kappa shape index (κ2) is 5.93. The van der Waals surface area contributed by atoms with Gasteiger partial charge in [0.15, 0.2) is 5.65 Å². The molecule has 3 aromatic rings. The Hall–Kier alpha value is -2.53. The summed E-state index contributed by atoms with van der Waals surface area (Å²) < 4.78 is 5.99. The molecule has 1 atom stereocenters. The maximum Gasteiger partial charge on any atom is 0.180 e. The second-order valence-corrected chi connectivity index (χ2v) is 5.73. The van der Waals surface area contributed by atoms with Gasteiger partial charge in [0.2, 0.25) is 0 Å². The van der Waals surface area contributed by atoms with Crippen LogP contribution in [0.5, 0.6) is 0 Å². The molecule has 0 aliphatic carbocycles. The van der Waals surface area contributed by atoms with Gasteiger partial charge in [-0.1, -0.05) is 24.3 Å². The van der Waals surface area contributed by atoms with Crippen LogP contribution in [0, 0.1) is 6.92 Å². The van der Waals surface area contributed by atoms with E-state index in [9.17, 15) is 0 Å². The number of fused-ring (bicyclic) bond motifs is 1. The van der Waals surface area contributed by atoms with Gasteiger partial charge in [0.25, 0.3) is 0 Å². The lowest BCUT2D eigenvalue weighted by atomic mass is 10.0. The Kier molecular flexibility index (Phi) is 3.63. The SMILES string of the molecule is Cc1ccccc1C1CN(c2ccc3nccnc3n2)CCO1. The minimum Gasteiger partial charge on any atom is -0.370 e. The molecule has 1 saturated heterocycles. The first-order valence-corrected chi connectivity index (χ1v) is 7.81. The number of aromatic nitrogens is 3. The first-order valence-electron chi connectivity index (χ1n) is 7.81. The van der Waals surface area contributed by atoms with Gasteiger partial charge in [-0.2, -0.15) is 0 Å². The minimum atomic E-state index is 0.0734. The number of morpholine rings is 1. The number of hydrogen-bond acceptors (Lipinski definition) is 5. The molecule has 1 aliphatic rings. The Balaban J connectivity index is 1.62. The maximum atomic E-state index is 5.99. The molecule has 3 heterocycles. The minimum absolute atomic E-state index is 0.0734. The van der Waals surface area contributed by atoms with Gasteiger partial charge < -0.3 is 9.64 Å². The summed E-state index contributed by atoms with van der Waals surface area (Å²) in [5, 5.41) is 0. The summed E-state index contributed by atoms with van der Waals surface area (Å²) in [6.07, 6.45) is 3.44. The van der Waals surface area contributed by atoms with E-state index in [1.54, 1.807) is 12.4 Å². The van der Waals surface area contributed by atoms with E-state index in [-0.39, 0.29) is 6.10 Å². The number of hydrogen-bond donors (Lipinski definition) is 0. The first-order chi connectivity index (χ1) is 11.3. The smallest absolute Gasteiger partial charge is 0.180 e. The van der Waals surface area contributed by atoms with Crippen LogP contribution in [-0.2, 0) is 4.74 Å². The van der Waals surface area contributed by atoms with Gasteiger partial charge in [-0.3, -0.25) is 4.98 Å². The van der Waals surface area contributed by atoms with Gasteiger partial charge in [0.1, 0.15) is 17.4 Å². The van der Waals surface area contributed by atoms with E-state index in [0.717, 1.165) is 24.4 Å². The van der Waals surface area contributed by atoms with Gasteiger partial charge in [0.05, 0.1) is 6.61 Å². The van der Waals surface area contributed by atoms with Gasteiger partial charge in [-0.15, -0.1) is 0 Å². The summed E-state index contributed by atoms with van der Waals surface area (Å²) in [6.45, 7) is 4.45. The topological polar surface area (TPSA) is 51.1 Å². The lowest BCUT2D eigenvalue weighted by Gasteiger charge is -2.34. The molecule has 5 heteroatoms. The van der Waals surface area contributed by atoms with Crippen LogP contribution in [0.15, 0.2) is 48.8 Å². The number of nitrogens with zero attached hydrogens (tertiary/aromatic N) is 4. The normalized spacial score (nSPS) is 18.3. The second-order valence-electron chi connectivity index (χ2n) is 5.73. The molecule has 116 valence electrons. The molecule has 2 aromatic heterocycles. The quantitative estimate of drug-likeness (QED) is 0.728. The monoisotopic (exact) mass is 306 g/mol. The van der Waals surface area contributed by atoms with E-state index in [1.165, 1.54) is 11.1 Å². The van der Waals surface area contributed by atoms with Crippen molar-refractivity contribution in [2.24, 2.45) is 0 Å². The van der Waals surface area contributed by atoms with Gasteiger partial charge in [0, 0.05) is 25.5 Å². The molecule has 4 rings (SSSR count). The molecule has 0 saturated carbocycles. The van der Waals surface area contributed by atoms with Crippen LogP contribution < -0.4 is 4.90 Å². The summed E-state index contributed by atoms with van der Waals surface area (Å²) in [4.78, 5) is 15.5. The van der Waals surface area contributed by atoms with E-state index < -0.39 is 0 Å². The van der Waals surface area contributed by atoms with Crippen molar-refractivity contribution in [1.29, 1.82) is 0 Å². The molecule has 23 heavy (non-hydrogen) atoms. The molecule has 1 aromatic carbocycles. The summed E-state index contributed by atoms with van der Waals surface area (Å²) >= 11 is 0. The van der Waals surface area contributed by atoms with Crippen LogP contribution in [0.4, 0.5) is 5.82 Å². The van der Waals surface area contributed by atoms with Crippen molar-refractivity contribution in [3.63, 3.8) is 0 Å². The van der Waals surface area contributed by atoms with Crippen molar-refractivity contribution in [3.8, 4) is 0 Å². The first kappa shape index (κ1) is 14.1. The number of benzene rings is 1. The Bertz CT molecular complexity index is 836. The Labute approximate surface area is 135 Å². The van der Waals surface area contributed by atoms with Crippen molar-refractivity contribution in [1.82, 2.24) is 15.0 Å². The largest absolute Gasteiger partial charge is 0.370 e. The predicted octanol–water partition coefficient (Wildman–Crippen LogP) is 2.91. The Morgan fingerprint density at radius 1 is 1.09 bits per heavy atom. The zero-order chi connectivity index (χ0) is 15.6. The van der Waals surface area contributed by atoms with E-state index in [2.05, 4.69) is 51.0 Å². The molecule has 5 nitrogen and oxygen atoms in total. The summed E-state index contributed by atoms with van der Waals surface area (Å²) in [5.41, 5.74) is 4.01. The van der Waals surface area contributed by atoms with Crippen molar-refractivity contribution >= 4 is 17.0 Å². The highest BCUT2D eigenvalue weighted by Crippen LogP contribution is 2.27. The van der Waals surface area contributed by atoms with Crippen LogP contribution in [-0.4, -0.2) is 34.6 Å². The molecule has 1 aliphatic heterocycles. The number of pyridine rings is 1. The zero-order valence-corrected chi connectivity index (χ0v) is 13.0. The Morgan fingerprint density at radius 2 is 1.96 bits per heavy atom. The molecule has 0 N–H and O–H groups in total. The molecule has 0 radical (unpaired) electrons. The fourth-order valence-corrected chi connectivity index (χ4v) is 3.01. The zero-order valence-electron chi connectivity index (χ0n) is 13.0. The summed E-state index contributed by atoms with van der Waals surface area (Å²) in [7, 11) is 0. The highest BCUT2D eigenvalue weighted by atomic mass is 16.5. The van der Waals surface area contributed by atoms with Gasteiger partial charge in [-0.25, -0.2) is 9.97 Å². The maximum absolute atomic E-state index is 5.99. The molecular weight excluding hydrogens is 288 g/mol. The fraction of sp³-hybridized carbons (Fsp3) is 0.278. The van der Waals surface area contributed by atoms with Crippen molar-refractivity contribution in [2.45, 2.75) is 13.0 Å². The lowest BCUT2D eigenvalue weighted by molar-refractivity contribution is 0.0391. The van der Waals surface area contributed by atoms with Crippen LogP contribution in [0.2, 0.25) is 0 Å². The van der Waals surface area contributed by atoms with Crippen LogP contribution in [0.25, 0.3) is 11.2 Å². The Morgan fingerprint density at radius 3 is 2.87 bits per heavy atom. The number of anilines is 1. The molecular formula is C18H18N4O. The van der Waals surface area contributed by atoms with Crippen LogP contribution in [0.1, 0.15) is 17.2 Å². The third-order valence-corrected chi connectivity index (χ3v) is 4.24. The van der Waals surface area contributed by atoms with Crippen molar-refractivity contribution in [2.75, 3.05) is 24.6 Å². The third kappa shape index (κ3) is 2.75. The van der Waals surface area contributed by atoms with Crippen LogP contribution >= 0.6 is 0 Å². The van der Waals surface area contributed by atoms with E-state index in [1.807, 2.05) is 12.1 Å². The van der Waals surface area contributed by atoms with Gasteiger partial charge >= 0.3 is 0 Å². The average Bonchev–Trinajstić information content (AvgIpc) is 2.62. The predicted molar refractivity (Wildman–Crippen MR) is 89.4 cm³/mol. The lowest BCUT2D eigenvalue weighted by Crippen LogP contribution is -2.39. The number of rotatable bonds is 2. The van der Waals surface area contributed by atoms with E-state index >= 15 is 0 Å². The number of aryl methyl sites for hydroxylation is 1. The molecule has 1 fully saturated rings. The average molecular weight is 306 g/mol. The van der Waals surface area contributed by atoms with Crippen molar-refractivity contribution < 1.29 is 4.74 Å². The standard InChI is InChI=1S/C18H18N4O/c1-13-4-2-3-5-14(13)16-12-22(10-11-23-16)17-7-6-15-18(21-17)20-9-8-19-15/h2-9,16H,10-12H2,1H3. The van der Waals surface area contributed by atoms with E-state index in [4.69, 9.17) is 4.74 Å². The highest BCUT2D eigenvalue weighted by Gasteiger charge is 2.24. The molecule has 0 bridgehead atoms. The summed E-state index contributed by atoms with van der Waals surface area (Å²) in [6, 6.07) is 12.4. The number of ether oxygens (including phenoxy) is 1. The van der Waals surface area contributed by atoms with Crippen molar-refractivity contribution in [3.05, 3.63) is 59.9 Å². The third-order valence-electron chi connectivity index (χ3n) is 4.24. The van der Waals surface area contributed by atoms with Crippen LogP contribution in [0.3, 0.4) is 0 Å². The highest BCUT2D eigenvalue weighted by molar-refractivity contribution is 5.71. The summed E-state index contributed by atoms with van der Waals surface area (Å²) in [5.74, 6) is 0.930. The molecule has 0 spiro atoms. The molecule has 1 unspecified atom stereocenters. The fourth-order valence-electron chi connectivity index (χ4n) is 3.01. The molecule has 0 amide bonds. The van der Waals surface area contributed by atoms with Gasteiger partial charge in [-0.05, 0) is 30.2 Å².